The quantitative estimate of drug-likeness (QED) is 0.671. The number of hydrogen-bond donors (Lipinski definition) is 3. The van der Waals surface area contributed by atoms with Crippen molar-refractivity contribution in [2.45, 2.75) is 25.6 Å². The van der Waals surface area contributed by atoms with Gasteiger partial charge in [0.1, 0.15) is 0 Å². The number of rotatable bonds is 3. The lowest BCUT2D eigenvalue weighted by Crippen LogP contribution is -2.17. The molecule has 4 N–H and O–H groups in total. The van der Waals surface area contributed by atoms with Gasteiger partial charge < -0.3 is 15.9 Å². The Balaban J connectivity index is 3.01. The first-order chi connectivity index (χ1) is 6.45. The third-order valence-corrected chi connectivity index (χ3v) is 2.20. The molecule has 0 saturated heterocycles. The number of nitrogens with two attached hydrogens (primary N) is 1. The van der Waals surface area contributed by atoms with E-state index in [1.165, 1.54) is 0 Å². The smallest absolute Gasteiger partial charge is 0.0912 e. The SMILES string of the molecule is CC(C)(O)c1cccc(C(O)CN)c1. The van der Waals surface area contributed by atoms with Crippen LogP contribution < -0.4 is 5.73 Å². The lowest BCUT2D eigenvalue weighted by atomic mass is 9.95. The van der Waals surface area contributed by atoms with E-state index in [-0.39, 0.29) is 6.54 Å². The molecule has 0 aliphatic heterocycles. The Morgan fingerprint density at radius 2 is 2.07 bits per heavy atom. The van der Waals surface area contributed by atoms with E-state index in [9.17, 15) is 10.2 Å². The average molecular weight is 195 g/mol. The summed E-state index contributed by atoms with van der Waals surface area (Å²) in [4.78, 5) is 0. The van der Waals surface area contributed by atoms with Crippen LogP contribution in [0.1, 0.15) is 31.1 Å². The van der Waals surface area contributed by atoms with Crippen LogP contribution in [0.25, 0.3) is 0 Å². The molecule has 0 saturated carbocycles. The molecule has 0 aliphatic rings. The van der Waals surface area contributed by atoms with Crippen LogP contribution in [0.5, 0.6) is 0 Å². The maximum absolute atomic E-state index is 9.76. The summed E-state index contributed by atoms with van der Waals surface area (Å²) in [5.74, 6) is 0. The van der Waals surface area contributed by atoms with Gasteiger partial charge in [-0.3, -0.25) is 0 Å². The summed E-state index contributed by atoms with van der Waals surface area (Å²) in [6.45, 7) is 3.61. The molecule has 0 fully saturated rings. The van der Waals surface area contributed by atoms with Crippen molar-refractivity contribution >= 4 is 0 Å². The van der Waals surface area contributed by atoms with Crippen molar-refractivity contribution in [3.63, 3.8) is 0 Å². The van der Waals surface area contributed by atoms with Crippen molar-refractivity contribution < 1.29 is 10.2 Å². The van der Waals surface area contributed by atoms with E-state index in [1.807, 2.05) is 12.1 Å². The zero-order valence-corrected chi connectivity index (χ0v) is 8.57. The van der Waals surface area contributed by atoms with Crippen LogP contribution >= 0.6 is 0 Å². The number of benzene rings is 1. The summed E-state index contributed by atoms with van der Waals surface area (Å²) >= 11 is 0. The van der Waals surface area contributed by atoms with Gasteiger partial charge >= 0.3 is 0 Å². The molecule has 0 heterocycles. The molecule has 1 unspecified atom stereocenters. The van der Waals surface area contributed by atoms with Crippen LogP contribution in [0.3, 0.4) is 0 Å². The fourth-order valence-corrected chi connectivity index (χ4v) is 1.26. The van der Waals surface area contributed by atoms with Crippen LogP contribution in [-0.2, 0) is 5.60 Å². The molecule has 0 bridgehead atoms. The average Bonchev–Trinajstić information content (AvgIpc) is 2.15. The lowest BCUT2D eigenvalue weighted by Gasteiger charge is -2.19. The first-order valence-electron chi connectivity index (χ1n) is 4.66. The van der Waals surface area contributed by atoms with E-state index in [0.717, 1.165) is 11.1 Å². The summed E-state index contributed by atoms with van der Waals surface area (Å²) in [6.07, 6.45) is -0.655. The Morgan fingerprint density at radius 3 is 2.57 bits per heavy atom. The van der Waals surface area contributed by atoms with Gasteiger partial charge in [0.15, 0.2) is 0 Å². The summed E-state index contributed by atoms with van der Waals surface area (Å²) in [5.41, 5.74) is 5.99. The molecule has 78 valence electrons. The van der Waals surface area contributed by atoms with Gasteiger partial charge in [0.2, 0.25) is 0 Å². The first-order valence-corrected chi connectivity index (χ1v) is 4.66. The molecule has 0 amide bonds. The van der Waals surface area contributed by atoms with E-state index >= 15 is 0 Å². The Kier molecular flexibility index (Phi) is 3.26. The van der Waals surface area contributed by atoms with Gasteiger partial charge in [0, 0.05) is 6.54 Å². The third kappa shape index (κ3) is 2.54. The molecule has 0 aliphatic carbocycles. The number of aliphatic hydroxyl groups excluding tert-OH is 1. The molecular formula is C11H17NO2. The number of hydrogen-bond acceptors (Lipinski definition) is 3. The van der Waals surface area contributed by atoms with Crippen LogP contribution in [0.15, 0.2) is 24.3 Å². The van der Waals surface area contributed by atoms with E-state index in [1.54, 1.807) is 26.0 Å². The standard InChI is InChI=1S/C11H17NO2/c1-11(2,14)9-5-3-4-8(6-9)10(13)7-12/h3-6,10,13-14H,7,12H2,1-2H3. The zero-order valence-electron chi connectivity index (χ0n) is 8.57. The van der Waals surface area contributed by atoms with Crippen LogP contribution in [-0.4, -0.2) is 16.8 Å². The molecule has 1 rings (SSSR count). The van der Waals surface area contributed by atoms with Crippen LogP contribution in [0, 0.1) is 0 Å². The normalized spacial score (nSPS) is 14.1. The summed E-state index contributed by atoms with van der Waals surface area (Å²) in [7, 11) is 0. The topological polar surface area (TPSA) is 66.5 Å². The van der Waals surface area contributed by atoms with Crippen LogP contribution in [0.2, 0.25) is 0 Å². The fraction of sp³-hybridized carbons (Fsp3) is 0.455. The molecular weight excluding hydrogens is 178 g/mol. The van der Waals surface area contributed by atoms with Gasteiger partial charge in [0.05, 0.1) is 11.7 Å². The molecule has 0 aromatic heterocycles. The molecule has 1 aromatic carbocycles. The van der Waals surface area contributed by atoms with Gasteiger partial charge in [-0.2, -0.15) is 0 Å². The van der Waals surface area contributed by atoms with Crippen LogP contribution in [0.4, 0.5) is 0 Å². The highest BCUT2D eigenvalue weighted by atomic mass is 16.3. The summed E-state index contributed by atoms with van der Waals surface area (Å²) < 4.78 is 0. The zero-order chi connectivity index (χ0) is 10.8. The highest BCUT2D eigenvalue weighted by Crippen LogP contribution is 2.22. The number of aliphatic hydroxyl groups is 2. The van der Waals surface area contributed by atoms with Crippen molar-refractivity contribution in [2.24, 2.45) is 5.73 Å². The molecule has 1 atom stereocenters. The van der Waals surface area contributed by atoms with E-state index in [4.69, 9.17) is 5.73 Å². The monoisotopic (exact) mass is 195 g/mol. The maximum Gasteiger partial charge on any atom is 0.0912 e. The summed E-state index contributed by atoms with van der Waals surface area (Å²) in [6, 6.07) is 7.21. The van der Waals surface area contributed by atoms with Gasteiger partial charge in [-0.15, -0.1) is 0 Å². The van der Waals surface area contributed by atoms with E-state index in [2.05, 4.69) is 0 Å². The van der Waals surface area contributed by atoms with E-state index in [0.29, 0.717) is 0 Å². The van der Waals surface area contributed by atoms with Gasteiger partial charge in [-0.1, -0.05) is 24.3 Å². The minimum Gasteiger partial charge on any atom is -0.387 e. The molecule has 0 spiro atoms. The molecule has 0 radical (unpaired) electrons. The highest BCUT2D eigenvalue weighted by Gasteiger charge is 2.17. The predicted molar refractivity (Wildman–Crippen MR) is 55.7 cm³/mol. The van der Waals surface area contributed by atoms with E-state index < -0.39 is 11.7 Å². The minimum atomic E-state index is -0.885. The van der Waals surface area contributed by atoms with Crippen molar-refractivity contribution in [1.82, 2.24) is 0 Å². The largest absolute Gasteiger partial charge is 0.387 e. The van der Waals surface area contributed by atoms with Gasteiger partial charge in [-0.05, 0) is 25.0 Å². The molecule has 3 nitrogen and oxygen atoms in total. The van der Waals surface area contributed by atoms with Crippen molar-refractivity contribution in [2.75, 3.05) is 6.54 Å². The Morgan fingerprint density at radius 1 is 1.43 bits per heavy atom. The molecule has 3 heteroatoms. The molecule has 1 aromatic rings. The van der Waals surface area contributed by atoms with Crippen molar-refractivity contribution in [3.8, 4) is 0 Å². The third-order valence-electron chi connectivity index (χ3n) is 2.20. The summed E-state index contributed by atoms with van der Waals surface area (Å²) in [5, 5.41) is 19.3. The highest BCUT2D eigenvalue weighted by molar-refractivity contribution is 5.28. The van der Waals surface area contributed by atoms with Crippen molar-refractivity contribution in [3.05, 3.63) is 35.4 Å². The molecule has 14 heavy (non-hydrogen) atoms. The minimum absolute atomic E-state index is 0.190. The second kappa shape index (κ2) is 4.09. The van der Waals surface area contributed by atoms with Gasteiger partial charge in [0.25, 0.3) is 0 Å². The fourth-order valence-electron chi connectivity index (χ4n) is 1.26. The Labute approximate surface area is 84.2 Å². The Hall–Kier alpha value is -0.900. The lowest BCUT2D eigenvalue weighted by molar-refractivity contribution is 0.0782. The first kappa shape index (κ1) is 11.2. The maximum atomic E-state index is 9.76. The Bertz CT molecular complexity index is 304. The van der Waals surface area contributed by atoms with Crippen molar-refractivity contribution in [1.29, 1.82) is 0 Å². The van der Waals surface area contributed by atoms with Gasteiger partial charge in [-0.25, -0.2) is 0 Å². The second-order valence-electron chi connectivity index (χ2n) is 3.94. The second-order valence-corrected chi connectivity index (χ2v) is 3.94. The predicted octanol–water partition coefficient (Wildman–Crippen LogP) is 0.906.